The monoisotopic (exact) mass is 458 g/mol. The van der Waals surface area contributed by atoms with Gasteiger partial charge in [0.2, 0.25) is 15.9 Å². The molecule has 0 bridgehead atoms. The maximum atomic E-state index is 13.5. The van der Waals surface area contributed by atoms with Crippen molar-refractivity contribution in [2.24, 2.45) is 0 Å². The lowest BCUT2D eigenvalue weighted by Crippen LogP contribution is -2.49. The van der Waals surface area contributed by atoms with E-state index in [1.807, 2.05) is 19.1 Å². The quantitative estimate of drug-likeness (QED) is 0.560. The Hall–Kier alpha value is -2.71. The second-order valence-corrected chi connectivity index (χ2v) is 10.1. The third-order valence-electron chi connectivity index (χ3n) is 5.91. The number of benzene rings is 2. The van der Waals surface area contributed by atoms with Crippen LogP contribution in [0.2, 0.25) is 0 Å². The van der Waals surface area contributed by atoms with E-state index in [-0.39, 0.29) is 11.3 Å². The number of amides is 2. The standard InChI is InChI=1S/C24H30N2O5S/c1-6-17(4)26(32(29,30)21-13-11-20(31-5)12-14-21)22-15-23(27)25(24(22)28)19-9-7-18(8-10-19)16(2)3/h7-14,16-17,22H,6,15H2,1-5H3. The Morgan fingerprint density at radius 2 is 1.62 bits per heavy atom. The zero-order chi connectivity index (χ0) is 23.6. The number of imide groups is 1. The zero-order valence-corrected chi connectivity index (χ0v) is 19.9. The molecule has 2 unspecified atom stereocenters. The number of methoxy groups -OCH3 is 1. The molecule has 2 amide bonds. The third-order valence-corrected chi connectivity index (χ3v) is 7.95. The molecule has 1 aliphatic heterocycles. The predicted molar refractivity (Wildman–Crippen MR) is 123 cm³/mol. The number of hydrogen-bond acceptors (Lipinski definition) is 5. The first kappa shape index (κ1) is 23.9. The van der Waals surface area contributed by atoms with Crippen molar-refractivity contribution in [2.45, 2.75) is 63.4 Å². The van der Waals surface area contributed by atoms with Gasteiger partial charge in [-0.25, -0.2) is 13.3 Å². The van der Waals surface area contributed by atoms with E-state index < -0.39 is 33.9 Å². The summed E-state index contributed by atoms with van der Waals surface area (Å²) in [4.78, 5) is 27.4. The molecule has 1 fully saturated rings. The average molecular weight is 459 g/mol. The molecular weight excluding hydrogens is 428 g/mol. The second kappa shape index (κ2) is 9.42. The summed E-state index contributed by atoms with van der Waals surface area (Å²) in [7, 11) is -2.52. The van der Waals surface area contributed by atoms with Gasteiger partial charge in [-0.15, -0.1) is 0 Å². The Balaban J connectivity index is 1.97. The van der Waals surface area contributed by atoms with Crippen LogP contribution in [0.1, 0.15) is 52.0 Å². The number of ether oxygens (including phenoxy) is 1. The lowest BCUT2D eigenvalue weighted by Gasteiger charge is -2.31. The number of carbonyl (C=O) groups excluding carboxylic acids is 2. The first-order valence-electron chi connectivity index (χ1n) is 10.8. The van der Waals surface area contributed by atoms with Crippen LogP contribution >= 0.6 is 0 Å². The van der Waals surface area contributed by atoms with Crippen LogP contribution in [0.25, 0.3) is 0 Å². The Bertz CT molecular complexity index is 1080. The maximum Gasteiger partial charge on any atom is 0.252 e. The Morgan fingerprint density at radius 1 is 1.03 bits per heavy atom. The van der Waals surface area contributed by atoms with E-state index in [0.717, 1.165) is 10.5 Å². The van der Waals surface area contributed by atoms with Crippen LogP contribution in [0.15, 0.2) is 53.4 Å². The van der Waals surface area contributed by atoms with Crippen molar-refractivity contribution in [2.75, 3.05) is 12.0 Å². The van der Waals surface area contributed by atoms with Crippen LogP contribution in [0.5, 0.6) is 5.75 Å². The number of carbonyl (C=O) groups is 2. The molecule has 32 heavy (non-hydrogen) atoms. The van der Waals surface area contributed by atoms with Crippen molar-refractivity contribution >= 4 is 27.5 Å². The highest BCUT2D eigenvalue weighted by Gasteiger charge is 2.48. The third kappa shape index (κ3) is 4.42. The Labute approximate surface area is 190 Å². The molecule has 2 aromatic rings. The van der Waals surface area contributed by atoms with E-state index in [1.54, 1.807) is 31.2 Å². The minimum atomic E-state index is -4.02. The van der Waals surface area contributed by atoms with E-state index in [1.165, 1.54) is 23.5 Å². The van der Waals surface area contributed by atoms with Crippen LogP contribution in [0.4, 0.5) is 5.69 Å². The summed E-state index contributed by atoms with van der Waals surface area (Å²) < 4.78 is 33.4. The van der Waals surface area contributed by atoms with Gasteiger partial charge >= 0.3 is 0 Å². The van der Waals surface area contributed by atoms with Gasteiger partial charge in [-0.3, -0.25) is 9.59 Å². The number of rotatable bonds is 8. The van der Waals surface area contributed by atoms with Crippen LogP contribution in [0.3, 0.4) is 0 Å². The largest absolute Gasteiger partial charge is 0.497 e. The van der Waals surface area contributed by atoms with Crippen molar-refractivity contribution in [1.29, 1.82) is 0 Å². The van der Waals surface area contributed by atoms with Crippen molar-refractivity contribution in [3.63, 3.8) is 0 Å². The number of nitrogens with zero attached hydrogens (tertiary/aromatic N) is 2. The second-order valence-electron chi connectivity index (χ2n) is 8.30. The van der Waals surface area contributed by atoms with Gasteiger partial charge in [0.1, 0.15) is 11.8 Å². The van der Waals surface area contributed by atoms with Gasteiger partial charge in [0.05, 0.1) is 24.1 Å². The summed E-state index contributed by atoms with van der Waals surface area (Å²) in [6, 6.07) is 11.7. The van der Waals surface area contributed by atoms with E-state index in [2.05, 4.69) is 13.8 Å². The summed E-state index contributed by atoms with van der Waals surface area (Å²) >= 11 is 0. The summed E-state index contributed by atoms with van der Waals surface area (Å²) in [5.41, 5.74) is 1.55. The van der Waals surface area contributed by atoms with E-state index in [0.29, 0.717) is 23.8 Å². The molecule has 0 saturated carbocycles. The van der Waals surface area contributed by atoms with Crippen LogP contribution in [-0.2, 0) is 19.6 Å². The van der Waals surface area contributed by atoms with Crippen LogP contribution < -0.4 is 9.64 Å². The Kier molecular flexibility index (Phi) is 7.05. The number of hydrogen-bond donors (Lipinski definition) is 0. The van der Waals surface area contributed by atoms with E-state index in [4.69, 9.17) is 4.74 Å². The molecule has 2 atom stereocenters. The van der Waals surface area contributed by atoms with Gasteiger partial charge in [-0.2, -0.15) is 4.31 Å². The minimum absolute atomic E-state index is 0.0542. The number of anilines is 1. The summed E-state index contributed by atoms with van der Waals surface area (Å²) in [6.45, 7) is 7.72. The molecule has 8 heteroatoms. The molecule has 172 valence electrons. The predicted octanol–water partition coefficient (Wildman–Crippen LogP) is 3.94. The topological polar surface area (TPSA) is 84.0 Å². The highest BCUT2D eigenvalue weighted by atomic mass is 32.2. The van der Waals surface area contributed by atoms with Gasteiger partial charge in [-0.05, 0) is 61.2 Å². The Morgan fingerprint density at radius 3 is 2.12 bits per heavy atom. The molecule has 3 rings (SSSR count). The molecule has 2 aromatic carbocycles. The first-order chi connectivity index (χ1) is 15.1. The molecule has 0 N–H and O–H groups in total. The fraction of sp³-hybridized carbons (Fsp3) is 0.417. The molecule has 0 aliphatic carbocycles. The van der Waals surface area contributed by atoms with Gasteiger partial charge in [-0.1, -0.05) is 32.9 Å². The van der Waals surface area contributed by atoms with Crippen LogP contribution in [-0.4, -0.2) is 43.7 Å². The van der Waals surface area contributed by atoms with Gasteiger partial charge in [0.15, 0.2) is 0 Å². The lowest BCUT2D eigenvalue weighted by molar-refractivity contribution is -0.122. The fourth-order valence-corrected chi connectivity index (χ4v) is 5.70. The van der Waals surface area contributed by atoms with Crippen LogP contribution in [0, 0.1) is 0 Å². The molecule has 0 radical (unpaired) electrons. The number of sulfonamides is 1. The molecular formula is C24H30N2O5S. The van der Waals surface area contributed by atoms with Crippen molar-refractivity contribution in [1.82, 2.24) is 4.31 Å². The zero-order valence-electron chi connectivity index (χ0n) is 19.1. The van der Waals surface area contributed by atoms with Gasteiger partial charge in [0, 0.05) is 6.04 Å². The van der Waals surface area contributed by atoms with E-state index in [9.17, 15) is 18.0 Å². The highest BCUT2D eigenvalue weighted by Crippen LogP contribution is 2.32. The fourth-order valence-electron chi connectivity index (χ4n) is 3.86. The average Bonchev–Trinajstić information content (AvgIpc) is 3.06. The molecule has 7 nitrogen and oxygen atoms in total. The summed E-state index contributed by atoms with van der Waals surface area (Å²) in [5, 5.41) is 0. The smallest absolute Gasteiger partial charge is 0.252 e. The SMILES string of the molecule is CCC(C)N(C1CC(=O)N(c2ccc(C(C)C)cc2)C1=O)S(=O)(=O)c1ccc(OC)cc1. The normalized spacial score (nSPS) is 18.0. The molecule has 1 aliphatic rings. The highest BCUT2D eigenvalue weighted by molar-refractivity contribution is 7.89. The summed E-state index contributed by atoms with van der Waals surface area (Å²) in [6.07, 6.45) is 0.306. The van der Waals surface area contributed by atoms with Crippen molar-refractivity contribution < 1.29 is 22.7 Å². The van der Waals surface area contributed by atoms with E-state index >= 15 is 0 Å². The van der Waals surface area contributed by atoms with Crippen molar-refractivity contribution in [3.8, 4) is 5.75 Å². The van der Waals surface area contributed by atoms with Gasteiger partial charge in [0.25, 0.3) is 5.91 Å². The molecule has 1 saturated heterocycles. The minimum Gasteiger partial charge on any atom is -0.497 e. The molecule has 1 heterocycles. The molecule has 0 aromatic heterocycles. The molecule has 0 spiro atoms. The van der Waals surface area contributed by atoms with Gasteiger partial charge < -0.3 is 4.74 Å². The maximum absolute atomic E-state index is 13.5. The lowest BCUT2D eigenvalue weighted by atomic mass is 10.0. The summed E-state index contributed by atoms with van der Waals surface area (Å²) in [5.74, 6) is -0.0836. The first-order valence-corrected chi connectivity index (χ1v) is 12.2. The van der Waals surface area contributed by atoms with Crippen molar-refractivity contribution in [3.05, 3.63) is 54.1 Å².